The molecule has 0 aromatic rings. The molecule has 0 aromatic heterocycles. The van der Waals surface area contributed by atoms with Crippen LogP contribution in [0.2, 0.25) is 0 Å². The Kier molecular flexibility index (Phi) is 9.51. The topological polar surface area (TPSA) is 76.4 Å². The molecule has 0 spiro atoms. The van der Waals surface area contributed by atoms with Crippen LogP contribution in [0.3, 0.4) is 0 Å². The first-order valence-corrected chi connectivity index (χ1v) is 7.07. The molecule has 0 radical (unpaired) electrons. The quantitative estimate of drug-likeness (QED) is 0.362. The summed E-state index contributed by atoms with van der Waals surface area (Å²) in [6, 6.07) is 0. The summed E-state index contributed by atoms with van der Waals surface area (Å²) in [7, 11) is 0. The van der Waals surface area contributed by atoms with E-state index < -0.39 is 11.6 Å². The standard InChI is InChI=1S/C13H30N2O4/c1-5-14(6-2)12(19-15(7-3)8-4)13(9-16,10-17)11-18/h12,16-18H,5-11H2,1-4H3. The summed E-state index contributed by atoms with van der Waals surface area (Å²) in [4.78, 5) is 7.90. The molecule has 0 saturated carbocycles. The molecule has 0 aliphatic heterocycles. The van der Waals surface area contributed by atoms with Crippen molar-refractivity contribution in [3.63, 3.8) is 0 Å². The molecule has 0 aliphatic rings. The van der Waals surface area contributed by atoms with Gasteiger partial charge in [0.25, 0.3) is 0 Å². The lowest BCUT2D eigenvalue weighted by Gasteiger charge is -2.43. The van der Waals surface area contributed by atoms with E-state index in [1.807, 2.05) is 32.6 Å². The Bertz CT molecular complexity index is 208. The average Bonchev–Trinajstić information content (AvgIpc) is 2.47. The molecule has 0 saturated heterocycles. The highest BCUT2D eigenvalue weighted by atomic mass is 16.7. The van der Waals surface area contributed by atoms with Crippen LogP contribution in [0, 0.1) is 5.41 Å². The van der Waals surface area contributed by atoms with E-state index in [0.29, 0.717) is 26.2 Å². The minimum Gasteiger partial charge on any atom is -0.395 e. The number of hydrogen-bond donors (Lipinski definition) is 3. The Hall–Kier alpha value is -0.240. The van der Waals surface area contributed by atoms with Crippen LogP contribution >= 0.6 is 0 Å². The molecule has 0 heterocycles. The molecule has 0 rings (SSSR count). The maximum Gasteiger partial charge on any atom is 0.144 e. The maximum atomic E-state index is 9.60. The number of rotatable bonds is 11. The van der Waals surface area contributed by atoms with E-state index in [4.69, 9.17) is 4.84 Å². The molecule has 6 nitrogen and oxygen atoms in total. The zero-order valence-corrected chi connectivity index (χ0v) is 12.7. The van der Waals surface area contributed by atoms with Crippen molar-refractivity contribution >= 4 is 0 Å². The predicted molar refractivity (Wildman–Crippen MR) is 74.4 cm³/mol. The smallest absolute Gasteiger partial charge is 0.144 e. The fraction of sp³-hybridized carbons (Fsp3) is 1.00. The first-order valence-electron chi connectivity index (χ1n) is 7.07. The van der Waals surface area contributed by atoms with Crippen LogP contribution in [0.1, 0.15) is 27.7 Å². The van der Waals surface area contributed by atoms with Crippen LogP contribution in [-0.2, 0) is 4.84 Å². The zero-order chi connectivity index (χ0) is 14.9. The lowest BCUT2D eigenvalue weighted by molar-refractivity contribution is -0.287. The number of hydroxylamine groups is 2. The molecule has 0 aliphatic carbocycles. The molecular formula is C13H30N2O4. The van der Waals surface area contributed by atoms with Gasteiger partial charge in [0.15, 0.2) is 0 Å². The van der Waals surface area contributed by atoms with Crippen molar-refractivity contribution in [1.82, 2.24) is 9.96 Å². The third-order valence-electron chi connectivity index (χ3n) is 3.57. The van der Waals surface area contributed by atoms with Crippen LogP contribution in [0.15, 0.2) is 0 Å². The third kappa shape index (κ3) is 4.66. The number of aliphatic hydroxyl groups excluding tert-OH is 3. The van der Waals surface area contributed by atoms with Crippen LogP contribution in [-0.4, -0.2) is 77.5 Å². The van der Waals surface area contributed by atoms with E-state index in [9.17, 15) is 15.3 Å². The van der Waals surface area contributed by atoms with Crippen LogP contribution in [0.5, 0.6) is 0 Å². The lowest BCUT2D eigenvalue weighted by Crippen LogP contribution is -2.57. The second kappa shape index (κ2) is 9.63. The second-order valence-corrected chi connectivity index (χ2v) is 4.63. The summed E-state index contributed by atoms with van der Waals surface area (Å²) < 4.78 is 0. The lowest BCUT2D eigenvalue weighted by atomic mass is 9.88. The summed E-state index contributed by atoms with van der Waals surface area (Å²) >= 11 is 0. The van der Waals surface area contributed by atoms with Crippen molar-refractivity contribution in [3.8, 4) is 0 Å². The van der Waals surface area contributed by atoms with Gasteiger partial charge in [0.2, 0.25) is 0 Å². The fourth-order valence-electron chi connectivity index (χ4n) is 2.02. The molecule has 3 N–H and O–H groups in total. The Morgan fingerprint density at radius 3 is 1.53 bits per heavy atom. The van der Waals surface area contributed by atoms with Gasteiger partial charge in [0, 0.05) is 13.1 Å². The van der Waals surface area contributed by atoms with Gasteiger partial charge >= 0.3 is 0 Å². The molecule has 6 heteroatoms. The number of hydrogen-bond acceptors (Lipinski definition) is 6. The van der Waals surface area contributed by atoms with E-state index in [1.54, 1.807) is 5.06 Å². The first-order chi connectivity index (χ1) is 9.08. The van der Waals surface area contributed by atoms with Crippen molar-refractivity contribution in [3.05, 3.63) is 0 Å². The molecule has 0 amide bonds. The average molecular weight is 278 g/mol. The largest absolute Gasteiger partial charge is 0.395 e. The Labute approximate surface area is 116 Å². The van der Waals surface area contributed by atoms with Crippen molar-refractivity contribution in [2.45, 2.75) is 33.9 Å². The molecule has 116 valence electrons. The van der Waals surface area contributed by atoms with Gasteiger partial charge in [-0.25, -0.2) is 0 Å². The van der Waals surface area contributed by atoms with Gasteiger partial charge in [-0.2, -0.15) is 5.06 Å². The molecule has 1 unspecified atom stereocenters. The van der Waals surface area contributed by atoms with Crippen molar-refractivity contribution < 1.29 is 20.2 Å². The molecule has 0 fully saturated rings. The summed E-state index contributed by atoms with van der Waals surface area (Å²) in [6.45, 7) is 9.75. The minimum atomic E-state index is -1.07. The van der Waals surface area contributed by atoms with E-state index >= 15 is 0 Å². The Morgan fingerprint density at radius 2 is 1.26 bits per heavy atom. The molecule has 19 heavy (non-hydrogen) atoms. The van der Waals surface area contributed by atoms with E-state index in [0.717, 1.165) is 0 Å². The van der Waals surface area contributed by atoms with Gasteiger partial charge in [-0.1, -0.05) is 27.7 Å². The Morgan fingerprint density at radius 1 is 0.842 bits per heavy atom. The molecule has 0 bridgehead atoms. The third-order valence-corrected chi connectivity index (χ3v) is 3.57. The zero-order valence-electron chi connectivity index (χ0n) is 12.7. The van der Waals surface area contributed by atoms with Crippen molar-refractivity contribution in [2.75, 3.05) is 46.0 Å². The predicted octanol–water partition coefficient (Wildman–Crippen LogP) is -0.109. The maximum absolute atomic E-state index is 9.60. The molecule has 0 aromatic carbocycles. The second-order valence-electron chi connectivity index (χ2n) is 4.63. The van der Waals surface area contributed by atoms with Crippen molar-refractivity contribution in [2.24, 2.45) is 5.41 Å². The van der Waals surface area contributed by atoms with Gasteiger partial charge in [0.05, 0.1) is 25.2 Å². The van der Waals surface area contributed by atoms with E-state index in [1.165, 1.54) is 0 Å². The summed E-state index contributed by atoms with van der Waals surface area (Å²) in [5, 5.41) is 30.6. The van der Waals surface area contributed by atoms with Gasteiger partial charge in [-0.15, -0.1) is 0 Å². The summed E-state index contributed by atoms with van der Waals surface area (Å²) in [5.74, 6) is 0. The van der Waals surface area contributed by atoms with Crippen LogP contribution in [0.25, 0.3) is 0 Å². The SMILES string of the molecule is CCN(CC)OC(N(CC)CC)C(CO)(CO)CO. The van der Waals surface area contributed by atoms with Gasteiger partial charge in [-0.3, -0.25) is 9.74 Å². The van der Waals surface area contributed by atoms with Crippen molar-refractivity contribution in [1.29, 1.82) is 0 Å². The summed E-state index contributed by atoms with van der Waals surface area (Å²) in [5.41, 5.74) is -1.07. The Balaban J connectivity index is 5.22. The highest BCUT2D eigenvalue weighted by molar-refractivity contribution is 4.86. The minimum absolute atomic E-state index is 0.331. The molecular weight excluding hydrogens is 248 g/mol. The van der Waals surface area contributed by atoms with Gasteiger partial charge in [-0.05, 0) is 13.1 Å². The van der Waals surface area contributed by atoms with Gasteiger partial charge in [0.1, 0.15) is 6.23 Å². The highest BCUT2D eigenvalue weighted by Gasteiger charge is 2.42. The molecule has 1 atom stereocenters. The fourth-order valence-corrected chi connectivity index (χ4v) is 2.02. The van der Waals surface area contributed by atoms with E-state index in [-0.39, 0.29) is 19.8 Å². The number of nitrogens with zero attached hydrogens (tertiary/aromatic N) is 2. The van der Waals surface area contributed by atoms with Crippen LogP contribution < -0.4 is 0 Å². The normalized spacial score (nSPS) is 14.4. The number of aliphatic hydroxyl groups is 3. The van der Waals surface area contributed by atoms with E-state index in [2.05, 4.69) is 0 Å². The monoisotopic (exact) mass is 278 g/mol. The summed E-state index contributed by atoms with van der Waals surface area (Å²) in [6.07, 6.45) is -0.553. The first kappa shape index (κ1) is 18.8. The van der Waals surface area contributed by atoms with Gasteiger partial charge < -0.3 is 15.3 Å². The van der Waals surface area contributed by atoms with Crippen LogP contribution in [0.4, 0.5) is 0 Å². The highest BCUT2D eigenvalue weighted by Crippen LogP contribution is 2.27.